The van der Waals surface area contributed by atoms with E-state index in [1.807, 2.05) is 25.9 Å². The van der Waals surface area contributed by atoms with E-state index in [-0.39, 0.29) is 11.9 Å². The third-order valence-corrected chi connectivity index (χ3v) is 3.40. The summed E-state index contributed by atoms with van der Waals surface area (Å²) in [5.41, 5.74) is 7.03. The van der Waals surface area contributed by atoms with Crippen LogP contribution >= 0.6 is 0 Å². The van der Waals surface area contributed by atoms with Crippen LogP contribution in [0.1, 0.15) is 28.9 Å². The molecule has 2 rings (SSSR count). The topological polar surface area (TPSA) is 78.2 Å². The molecule has 18 heavy (non-hydrogen) atoms. The molecule has 100 valence electrons. The van der Waals surface area contributed by atoms with Gasteiger partial charge in [0.15, 0.2) is 5.82 Å². The number of nitrogens with one attached hydrogen (secondary N) is 1. The van der Waals surface area contributed by atoms with Crippen LogP contribution in [0.15, 0.2) is 0 Å². The van der Waals surface area contributed by atoms with Gasteiger partial charge in [-0.25, -0.2) is 0 Å². The van der Waals surface area contributed by atoms with E-state index in [0.717, 1.165) is 31.6 Å². The van der Waals surface area contributed by atoms with Crippen LogP contribution in [0.25, 0.3) is 0 Å². The first-order valence-corrected chi connectivity index (χ1v) is 6.27. The normalized spacial score (nSPS) is 19.8. The largest absolute Gasteiger partial charge is 0.382 e. The van der Waals surface area contributed by atoms with Crippen LogP contribution in [0.3, 0.4) is 0 Å². The summed E-state index contributed by atoms with van der Waals surface area (Å²) in [6, 6.07) is 0.279. The van der Waals surface area contributed by atoms with Crippen molar-refractivity contribution < 1.29 is 4.79 Å². The molecule has 0 bridgehead atoms. The number of likely N-dealkylation sites (N-methyl/N-ethyl adjacent to an activating group) is 1. The summed E-state index contributed by atoms with van der Waals surface area (Å²) in [4.78, 5) is 16.5. The van der Waals surface area contributed by atoms with Gasteiger partial charge in [0.2, 0.25) is 0 Å². The Morgan fingerprint density at radius 3 is 2.89 bits per heavy atom. The van der Waals surface area contributed by atoms with Crippen LogP contribution in [-0.4, -0.2) is 59.1 Å². The molecule has 0 aliphatic carbocycles. The van der Waals surface area contributed by atoms with E-state index in [0.29, 0.717) is 11.4 Å². The molecule has 0 radical (unpaired) electrons. The van der Waals surface area contributed by atoms with Crippen molar-refractivity contribution in [1.82, 2.24) is 20.0 Å². The number of hydrogen-bond acceptors (Lipinski definition) is 4. The van der Waals surface area contributed by atoms with E-state index < -0.39 is 0 Å². The number of carbonyl (C=O) groups excluding carboxylic acids is 1. The van der Waals surface area contributed by atoms with Gasteiger partial charge in [0.1, 0.15) is 5.56 Å². The molecule has 6 heteroatoms. The molecule has 1 aliphatic heterocycles. The Morgan fingerprint density at radius 1 is 1.61 bits per heavy atom. The molecule has 1 aliphatic rings. The van der Waals surface area contributed by atoms with Gasteiger partial charge in [-0.3, -0.25) is 9.89 Å². The number of aromatic amines is 1. The first kappa shape index (κ1) is 12.9. The molecule has 1 saturated heterocycles. The predicted octanol–water partition coefficient (Wildman–Crippen LogP) is 0.467. The lowest BCUT2D eigenvalue weighted by atomic mass is 10.1. The summed E-state index contributed by atoms with van der Waals surface area (Å²) >= 11 is 0. The Labute approximate surface area is 107 Å². The zero-order valence-electron chi connectivity index (χ0n) is 11.2. The van der Waals surface area contributed by atoms with Crippen LogP contribution < -0.4 is 5.73 Å². The number of aryl methyl sites for hydroxylation is 1. The quantitative estimate of drug-likeness (QED) is 0.818. The lowest BCUT2D eigenvalue weighted by molar-refractivity contribution is 0.0717. The Morgan fingerprint density at radius 2 is 2.33 bits per heavy atom. The molecule has 6 nitrogen and oxygen atoms in total. The van der Waals surface area contributed by atoms with Gasteiger partial charge in [0, 0.05) is 24.8 Å². The fourth-order valence-electron chi connectivity index (χ4n) is 2.58. The van der Waals surface area contributed by atoms with Crippen LogP contribution in [0.4, 0.5) is 5.82 Å². The van der Waals surface area contributed by atoms with Gasteiger partial charge in [-0.1, -0.05) is 0 Å². The molecule has 1 fully saturated rings. The van der Waals surface area contributed by atoms with Crippen molar-refractivity contribution in [2.75, 3.05) is 32.9 Å². The zero-order chi connectivity index (χ0) is 13.3. The molecule has 1 atom stereocenters. The molecule has 1 amide bonds. The summed E-state index contributed by atoms with van der Waals surface area (Å²) in [7, 11) is 4.05. The van der Waals surface area contributed by atoms with E-state index >= 15 is 0 Å². The number of nitrogens with two attached hydrogens (primary N) is 1. The summed E-state index contributed by atoms with van der Waals surface area (Å²) in [6.07, 6.45) is 2.11. The van der Waals surface area contributed by atoms with Crippen molar-refractivity contribution in [2.45, 2.75) is 25.8 Å². The molecule has 1 unspecified atom stereocenters. The Balaban J connectivity index is 2.18. The highest BCUT2D eigenvalue weighted by Crippen LogP contribution is 2.23. The highest BCUT2D eigenvalue weighted by atomic mass is 16.2. The van der Waals surface area contributed by atoms with E-state index in [1.165, 1.54) is 0 Å². The fraction of sp³-hybridized carbons (Fsp3) is 0.667. The van der Waals surface area contributed by atoms with Gasteiger partial charge < -0.3 is 15.5 Å². The smallest absolute Gasteiger partial charge is 0.259 e. The number of anilines is 1. The van der Waals surface area contributed by atoms with Crippen molar-refractivity contribution in [1.29, 1.82) is 0 Å². The standard InChI is InChI=1S/C12H21N5O/c1-8-10(11(13)15-14-8)12(18)17-6-4-5-9(17)7-16(2)3/h9H,4-7H2,1-3H3,(H3,13,14,15). The van der Waals surface area contributed by atoms with Crippen molar-refractivity contribution in [3.05, 3.63) is 11.3 Å². The van der Waals surface area contributed by atoms with Crippen LogP contribution in [-0.2, 0) is 0 Å². The Hall–Kier alpha value is -1.56. The number of rotatable bonds is 3. The van der Waals surface area contributed by atoms with E-state index in [1.54, 1.807) is 0 Å². The summed E-state index contributed by atoms with van der Waals surface area (Å²) in [5, 5.41) is 6.65. The van der Waals surface area contributed by atoms with Crippen LogP contribution in [0.5, 0.6) is 0 Å². The second kappa shape index (κ2) is 4.97. The minimum Gasteiger partial charge on any atom is -0.382 e. The number of likely N-dealkylation sites (tertiary alicyclic amines) is 1. The molecule has 0 aromatic carbocycles. The van der Waals surface area contributed by atoms with Crippen LogP contribution in [0.2, 0.25) is 0 Å². The minimum atomic E-state index is 0.00287. The molecule has 1 aromatic heterocycles. The fourth-order valence-corrected chi connectivity index (χ4v) is 2.58. The second-order valence-corrected chi connectivity index (χ2v) is 5.17. The van der Waals surface area contributed by atoms with Gasteiger partial charge in [0.05, 0.1) is 0 Å². The van der Waals surface area contributed by atoms with E-state index in [9.17, 15) is 4.79 Å². The number of aromatic nitrogens is 2. The van der Waals surface area contributed by atoms with Crippen molar-refractivity contribution >= 4 is 11.7 Å². The van der Waals surface area contributed by atoms with Crippen molar-refractivity contribution in [2.24, 2.45) is 0 Å². The summed E-state index contributed by atoms with van der Waals surface area (Å²) in [6.45, 7) is 3.53. The average molecular weight is 251 g/mol. The lowest BCUT2D eigenvalue weighted by Crippen LogP contribution is -2.41. The maximum Gasteiger partial charge on any atom is 0.259 e. The monoisotopic (exact) mass is 251 g/mol. The zero-order valence-corrected chi connectivity index (χ0v) is 11.2. The first-order chi connectivity index (χ1) is 8.50. The minimum absolute atomic E-state index is 0.00287. The number of amides is 1. The molecular formula is C12H21N5O. The maximum atomic E-state index is 12.5. The molecular weight excluding hydrogens is 230 g/mol. The first-order valence-electron chi connectivity index (χ1n) is 6.27. The number of hydrogen-bond donors (Lipinski definition) is 2. The predicted molar refractivity (Wildman–Crippen MR) is 70.3 cm³/mol. The lowest BCUT2D eigenvalue weighted by Gasteiger charge is -2.27. The summed E-state index contributed by atoms with van der Waals surface area (Å²) in [5.74, 6) is 0.302. The van der Waals surface area contributed by atoms with Gasteiger partial charge in [-0.05, 0) is 33.9 Å². The van der Waals surface area contributed by atoms with Gasteiger partial charge in [0.25, 0.3) is 5.91 Å². The Bertz CT molecular complexity index is 420. The maximum absolute atomic E-state index is 12.5. The SMILES string of the molecule is Cc1[nH]nc(N)c1C(=O)N1CCCC1CN(C)C. The van der Waals surface area contributed by atoms with Gasteiger partial charge in [-0.15, -0.1) is 0 Å². The molecule has 3 N–H and O–H groups in total. The molecule has 2 heterocycles. The van der Waals surface area contributed by atoms with Crippen molar-refractivity contribution in [3.63, 3.8) is 0 Å². The van der Waals surface area contributed by atoms with Crippen molar-refractivity contribution in [3.8, 4) is 0 Å². The second-order valence-electron chi connectivity index (χ2n) is 5.17. The van der Waals surface area contributed by atoms with Gasteiger partial charge >= 0.3 is 0 Å². The highest BCUT2D eigenvalue weighted by Gasteiger charge is 2.32. The molecule has 1 aromatic rings. The third-order valence-electron chi connectivity index (χ3n) is 3.40. The average Bonchev–Trinajstić information content (AvgIpc) is 2.85. The van der Waals surface area contributed by atoms with Crippen LogP contribution in [0, 0.1) is 6.92 Å². The highest BCUT2D eigenvalue weighted by molar-refractivity contribution is 5.99. The molecule has 0 spiro atoms. The number of nitrogen functional groups attached to an aromatic ring is 1. The molecule has 0 saturated carbocycles. The third kappa shape index (κ3) is 2.33. The number of nitrogens with zero attached hydrogens (tertiary/aromatic N) is 3. The summed E-state index contributed by atoms with van der Waals surface area (Å²) < 4.78 is 0. The van der Waals surface area contributed by atoms with E-state index in [4.69, 9.17) is 5.73 Å². The Kier molecular flexibility index (Phi) is 3.56. The van der Waals surface area contributed by atoms with E-state index in [2.05, 4.69) is 15.1 Å². The number of H-pyrrole nitrogens is 1. The number of carbonyl (C=O) groups is 1. The van der Waals surface area contributed by atoms with Gasteiger partial charge in [-0.2, -0.15) is 5.10 Å².